The Bertz CT molecular complexity index is 307. The maximum absolute atomic E-state index is 11.1. The standard InChI is InChI=1S/C10H16N2O2/c1-7-4-5-9(14-7)6-12-8(2)10(13)11-3/h4-5,8,12H,6H2,1-3H3,(H,11,13)/t8-/m1/s1. The van der Waals surface area contributed by atoms with Crippen LogP contribution >= 0.6 is 0 Å². The van der Waals surface area contributed by atoms with E-state index in [0.717, 1.165) is 11.5 Å². The lowest BCUT2D eigenvalue weighted by atomic mass is 10.3. The minimum atomic E-state index is -0.203. The highest BCUT2D eigenvalue weighted by atomic mass is 16.3. The Morgan fingerprint density at radius 1 is 1.57 bits per heavy atom. The van der Waals surface area contributed by atoms with Gasteiger partial charge in [-0.25, -0.2) is 0 Å². The predicted octanol–water partition coefficient (Wildman–Crippen LogP) is 0.812. The molecule has 0 aromatic carbocycles. The van der Waals surface area contributed by atoms with Crippen molar-refractivity contribution in [2.45, 2.75) is 26.4 Å². The van der Waals surface area contributed by atoms with Crippen LogP contribution in [0.4, 0.5) is 0 Å². The number of aryl methyl sites for hydroxylation is 1. The molecule has 0 radical (unpaired) electrons. The number of rotatable bonds is 4. The summed E-state index contributed by atoms with van der Waals surface area (Å²) in [5, 5.41) is 5.63. The van der Waals surface area contributed by atoms with E-state index in [1.54, 1.807) is 7.05 Å². The third kappa shape index (κ3) is 2.88. The smallest absolute Gasteiger partial charge is 0.236 e. The summed E-state index contributed by atoms with van der Waals surface area (Å²) in [6.45, 7) is 4.28. The Morgan fingerprint density at radius 2 is 2.29 bits per heavy atom. The van der Waals surface area contributed by atoms with Crippen molar-refractivity contribution in [1.29, 1.82) is 0 Å². The first-order chi connectivity index (χ1) is 6.63. The monoisotopic (exact) mass is 196 g/mol. The Hall–Kier alpha value is -1.29. The zero-order chi connectivity index (χ0) is 10.6. The largest absolute Gasteiger partial charge is 0.465 e. The van der Waals surface area contributed by atoms with Crippen LogP contribution in [-0.2, 0) is 11.3 Å². The van der Waals surface area contributed by atoms with Gasteiger partial charge in [-0.05, 0) is 26.0 Å². The number of nitrogens with one attached hydrogen (secondary N) is 2. The first-order valence-corrected chi connectivity index (χ1v) is 4.63. The summed E-state index contributed by atoms with van der Waals surface area (Å²) in [4.78, 5) is 11.1. The van der Waals surface area contributed by atoms with Crippen molar-refractivity contribution in [1.82, 2.24) is 10.6 Å². The first kappa shape index (κ1) is 10.8. The zero-order valence-corrected chi connectivity index (χ0v) is 8.76. The van der Waals surface area contributed by atoms with E-state index in [9.17, 15) is 4.79 Å². The molecule has 78 valence electrons. The molecule has 1 rings (SSSR count). The molecule has 0 saturated carbocycles. The Kier molecular flexibility index (Phi) is 3.71. The molecule has 14 heavy (non-hydrogen) atoms. The van der Waals surface area contributed by atoms with Crippen molar-refractivity contribution >= 4 is 5.91 Å². The van der Waals surface area contributed by atoms with E-state index in [1.807, 2.05) is 26.0 Å². The van der Waals surface area contributed by atoms with Crippen LogP contribution in [0.5, 0.6) is 0 Å². The maximum Gasteiger partial charge on any atom is 0.236 e. The molecule has 2 N–H and O–H groups in total. The number of carbonyl (C=O) groups excluding carboxylic acids is 1. The lowest BCUT2D eigenvalue weighted by Gasteiger charge is -2.10. The van der Waals surface area contributed by atoms with E-state index in [4.69, 9.17) is 4.42 Å². The Morgan fingerprint density at radius 3 is 2.79 bits per heavy atom. The van der Waals surface area contributed by atoms with Gasteiger partial charge in [0.2, 0.25) is 5.91 Å². The van der Waals surface area contributed by atoms with Crippen LogP contribution in [0.2, 0.25) is 0 Å². The van der Waals surface area contributed by atoms with Gasteiger partial charge in [0.25, 0.3) is 0 Å². The molecule has 0 aliphatic heterocycles. The first-order valence-electron chi connectivity index (χ1n) is 4.63. The van der Waals surface area contributed by atoms with Crippen molar-refractivity contribution in [3.63, 3.8) is 0 Å². The summed E-state index contributed by atoms with van der Waals surface area (Å²) in [6, 6.07) is 3.60. The van der Waals surface area contributed by atoms with E-state index < -0.39 is 0 Å². The van der Waals surface area contributed by atoms with Crippen LogP contribution < -0.4 is 10.6 Å². The normalized spacial score (nSPS) is 12.5. The summed E-state index contributed by atoms with van der Waals surface area (Å²) in [5.74, 6) is 1.71. The highest BCUT2D eigenvalue weighted by Gasteiger charge is 2.10. The highest BCUT2D eigenvalue weighted by Crippen LogP contribution is 2.05. The molecule has 0 saturated heterocycles. The molecule has 0 aliphatic rings. The molecular weight excluding hydrogens is 180 g/mol. The van der Waals surface area contributed by atoms with E-state index in [1.165, 1.54) is 0 Å². The average molecular weight is 196 g/mol. The van der Waals surface area contributed by atoms with Crippen LogP contribution in [0.3, 0.4) is 0 Å². The number of hydrogen-bond acceptors (Lipinski definition) is 3. The summed E-state index contributed by atoms with van der Waals surface area (Å²) in [7, 11) is 1.62. The van der Waals surface area contributed by atoms with Gasteiger partial charge >= 0.3 is 0 Å². The van der Waals surface area contributed by atoms with Crippen molar-refractivity contribution in [2.75, 3.05) is 7.05 Å². The number of amides is 1. The quantitative estimate of drug-likeness (QED) is 0.749. The second-order valence-corrected chi connectivity index (χ2v) is 3.23. The van der Waals surface area contributed by atoms with Crippen molar-refractivity contribution in [3.05, 3.63) is 23.7 Å². The van der Waals surface area contributed by atoms with Crippen LogP contribution in [0.25, 0.3) is 0 Å². The van der Waals surface area contributed by atoms with Crippen LogP contribution in [0, 0.1) is 6.92 Å². The van der Waals surface area contributed by atoms with Gasteiger partial charge < -0.3 is 9.73 Å². The number of hydrogen-bond donors (Lipinski definition) is 2. The third-order valence-electron chi connectivity index (χ3n) is 2.02. The van der Waals surface area contributed by atoms with Crippen LogP contribution in [0.1, 0.15) is 18.4 Å². The summed E-state index contributed by atoms with van der Waals surface area (Å²) in [5.41, 5.74) is 0. The molecule has 1 aromatic rings. The molecule has 0 fully saturated rings. The van der Waals surface area contributed by atoms with E-state index in [2.05, 4.69) is 10.6 Å². The minimum absolute atomic E-state index is 0.0201. The molecule has 1 amide bonds. The Labute approximate surface area is 83.7 Å². The number of likely N-dealkylation sites (N-methyl/N-ethyl adjacent to an activating group) is 1. The van der Waals surface area contributed by atoms with Gasteiger partial charge in [-0.15, -0.1) is 0 Å². The molecule has 1 atom stereocenters. The fourth-order valence-electron chi connectivity index (χ4n) is 1.14. The predicted molar refractivity (Wildman–Crippen MR) is 53.8 cm³/mol. The van der Waals surface area contributed by atoms with Gasteiger partial charge in [0.15, 0.2) is 0 Å². The van der Waals surface area contributed by atoms with Gasteiger partial charge in [-0.1, -0.05) is 0 Å². The fourth-order valence-corrected chi connectivity index (χ4v) is 1.14. The topological polar surface area (TPSA) is 54.3 Å². The molecule has 4 heteroatoms. The second-order valence-electron chi connectivity index (χ2n) is 3.23. The second kappa shape index (κ2) is 4.81. The molecule has 4 nitrogen and oxygen atoms in total. The zero-order valence-electron chi connectivity index (χ0n) is 8.76. The fraction of sp³-hybridized carbons (Fsp3) is 0.500. The van der Waals surface area contributed by atoms with Gasteiger partial charge in [-0.3, -0.25) is 10.1 Å². The lowest BCUT2D eigenvalue weighted by Crippen LogP contribution is -2.40. The molecule has 0 bridgehead atoms. The molecule has 1 heterocycles. The third-order valence-corrected chi connectivity index (χ3v) is 2.02. The van der Waals surface area contributed by atoms with Gasteiger partial charge in [0.05, 0.1) is 12.6 Å². The molecule has 0 aliphatic carbocycles. The van der Waals surface area contributed by atoms with Gasteiger partial charge in [-0.2, -0.15) is 0 Å². The molecular formula is C10H16N2O2. The van der Waals surface area contributed by atoms with Crippen molar-refractivity contribution in [3.8, 4) is 0 Å². The number of carbonyl (C=O) groups is 1. The average Bonchev–Trinajstić information content (AvgIpc) is 2.59. The molecule has 0 unspecified atom stereocenters. The maximum atomic E-state index is 11.1. The van der Waals surface area contributed by atoms with E-state index >= 15 is 0 Å². The molecule has 0 spiro atoms. The van der Waals surface area contributed by atoms with E-state index in [-0.39, 0.29) is 11.9 Å². The summed E-state index contributed by atoms with van der Waals surface area (Å²) in [6.07, 6.45) is 0. The Balaban J connectivity index is 2.37. The van der Waals surface area contributed by atoms with Crippen molar-refractivity contribution < 1.29 is 9.21 Å². The number of furan rings is 1. The van der Waals surface area contributed by atoms with Crippen LogP contribution in [0.15, 0.2) is 16.5 Å². The minimum Gasteiger partial charge on any atom is -0.465 e. The molecule has 1 aromatic heterocycles. The van der Waals surface area contributed by atoms with Crippen LogP contribution in [-0.4, -0.2) is 19.0 Å². The van der Waals surface area contributed by atoms with Crippen molar-refractivity contribution in [2.24, 2.45) is 0 Å². The van der Waals surface area contributed by atoms with E-state index in [0.29, 0.717) is 6.54 Å². The summed E-state index contributed by atoms with van der Waals surface area (Å²) < 4.78 is 5.35. The summed E-state index contributed by atoms with van der Waals surface area (Å²) >= 11 is 0. The van der Waals surface area contributed by atoms with Gasteiger partial charge in [0, 0.05) is 7.05 Å². The SMILES string of the molecule is CNC(=O)[C@@H](C)NCc1ccc(C)o1. The van der Waals surface area contributed by atoms with Gasteiger partial charge in [0.1, 0.15) is 11.5 Å². The lowest BCUT2D eigenvalue weighted by molar-refractivity contribution is -0.122. The highest BCUT2D eigenvalue weighted by molar-refractivity contribution is 5.80.